The van der Waals surface area contributed by atoms with Crippen molar-refractivity contribution in [2.24, 2.45) is 0 Å². The van der Waals surface area contributed by atoms with Crippen LogP contribution in [-0.2, 0) is 28.5 Å². The van der Waals surface area contributed by atoms with E-state index >= 15 is 0 Å². The number of rotatable bonds is 0. The van der Waals surface area contributed by atoms with Crippen LogP contribution in [-0.4, -0.2) is 44.6 Å². The van der Waals surface area contributed by atoms with E-state index in [0.29, 0.717) is 0 Å². The number of phenols is 4. The van der Waals surface area contributed by atoms with Gasteiger partial charge in [0.1, 0.15) is 35.2 Å². The Morgan fingerprint density at radius 1 is 0.531 bits per heavy atom. The van der Waals surface area contributed by atoms with Crippen molar-refractivity contribution in [3.8, 4) is 23.0 Å². The van der Waals surface area contributed by atoms with Crippen LogP contribution in [0.1, 0.15) is 78.9 Å². The van der Waals surface area contributed by atoms with E-state index in [1.807, 2.05) is 0 Å². The third kappa shape index (κ3) is 3.41. The molecular weight excluding hydrogens is 644 g/mol. The summed E-state index contributed by atoms with van der Waals surface area (Å²) in [6.45, 7) is 4.47. The molecule has 248 valence electrons. The molecule has 0 aromatic heterocycles. The van der Waals surface area contributed by atoms with Crippen molar-refractivity contribution in [1.29, 1.82) is 0 Å². The fourth-order valence-electron chi connectivity index (χ4n) is 8.52. The minimum atomic E-state index is -1.25. The van der Waals surface area contributed by atoms with Crippen molar-refractivity contribution < 1.29 is 49.0 Å². The molecule has 5 aromatic rings. The van der Waals surface area contributed by atoms with Crippen molar-refractivity contribution in [3.05, 3.63) is 74.8 Å². The number of hydrogen-bond acceptors (Lipinski definition) is 14. The second kappa shape index (κ2) is 9.30. The van der Waals surface area contributed by atoms with E-state index in [4.69, 9.17) is 18.9 Å². The van der Waals surface area contributed by atoms with Gasteiger partial charge < -0.3 is 39.4 Å². The number of fused-ring (bicyclic) bond motifs is 11. The molecule has 9 rings (SSSR count). The highest BCUT2D eigenvalue weighted by Gasteiger charge is 2.48. The third-order valence-electron chi connectivity index (χ3n) is 10.5. The lowest BCUT2D eigenvalue weighted by Gasteiger charge is -2.31. The molecule has 4 N–H and O–H groups in total. The van der Waals surface area contributed by atoms with Gasteiger partial charge in [0.2, 0.25) is 0 Å². The van der Waals surface area contributed by atoms with Crippen molar-refractivity contribution in [1.82, 2.24) is 0 Å². The molecule has 4 aliphatic rings. The van der Waals surface area contributed by atoms with Crippen LogP contribution in [0.4, 0.5) is 0 Å². The minimum absolute atomic E-state index is 0.137. The molecule has 4 heterocycles. The molecule has 49 heavy (non-hydrogen) atoms. The van der Waals surface area contributed by atoms with Gasteiger partial charge in [0.05, 0.1) is 57.7 Å². The number of aromatic hydroxyl groups is 4. The lowest BCUT2D eigenvalue weighted by molar-refractivity contribution is -0.144. The van der Waals surface area contributed by atoms with Crippen LogP contribution < -0.4 is 21.7 Å². The number of esters is 2. The van der Waals surface area contributed by atoms with E-state index < -0.39 is 120 Å². The van der Waals surface area contributed by atoms with Gasteiger partial charge in [0, 0.05) is 32.7 Å². The minimum Gasteiger partial charge on any atom is -0.506 e. The summed E-state index contributed by atoms with van der Waals surface area (Å²) >= 11 is 0. The van der Waals surface area contributed by atoms with Crippen LogP contribution in [0.2, 0.25) is 0 Å². The largest absolute Gasteiger partial charge is 0.506 e. The molecule has 14 heteroatoms. The molecule has 6 unspecified atom stereocenters. The Kier molecular flexibility index (Phi) is 5.60. The standard InChI is InChI=1S/C35H24O14/c1-7-4-10-18(30(42)21-20(26(10)38)28(40)16-8(2)46-11-5-13(36)48-34(11)24(16)32(21)44)19-15(7)27(39)22-23(31(19)43)29(41)17-9(3)47-12-6-14(37)49-35(12)25(17)33(22)45/h4,8-9,11-12,34-35,38-39,42-43H,5-6H2,1-3H3. The number of carbonyl (C=O) groups excluding carboxylic acids is 2. The maximum atomic E-state index is 14.2. The van der Waals surface area contributed by atoms with E-state index in [1.54, 1.807) is 0 Å². The monoisotopic (exact) mass is 668 g/mol. The highest BCUT2D eigenvalue weighted by molar-refractivity contribution is 6.27. The van der Waals surface area contributed by atoms with Crippen LogP contribution in [0, 0.1) is 6.92 Å². The first-order valence-corrected chi connectivity index (χ1v) is 15.5. The fraction of sp³-hybridized carbons (Fsp3) is 0.314. The highest BCUT2D eigenvalue weighted by atomic mass is 16.6. The summed E-state index contributed by atoms with van der Waals surface area (Å²) in [6.07, 6.45) is -6.46. The van der Waals surface area contributed by atoms with Gasteiger partial charge in [0.15, 0.2) is 33.9 Å². The van der Waals surface area contributed by atoms with Crippen LogP contribution in [0.15, 0.2) is 25.2 Å². The van der Waals surface area contributed by atoms with Gasteiger partial charge in [-0.25, -0.2) is 0 Å². The number of carbonyl (C=O) groups is 2. The Morgan fingerprint density at radius 3 is 1.39 bits per heavy atom. The van der Waals surface area contributed by atoms with Gasteiger partial charge in [-0.3, -0.25) is 28.8 Å². The maximum absolute atomic E-state index is 14.2. The Morgan fingerprint density at radius 2 is 0.918 bits per heavy atom. The fourth-order valence-corrected chi connectivity index (χ4v) is 8.52. The topological polar surface area (TPSA) is 220 Å². The summed E-state index contributed by atoms with van der Waals surface area (Å²) in [6, 6.07) is 1.29. The number of benzene rings is 5. The molecule has 0 spiro atoms. The Bertz CT molecular complexity index is 2700. The zero-order valence-corrected chi connectivity index (χ0v) is 25.8. The van der Waals surface area contributed by atoms with Crippen molar-refractivity contribution in [3.63, 3.8) is 0 Å². The van der Waals surface area contributed by atoms with Gasteiger partial charge in [-0.2, -0.15) is 0 Å². The first-order chi connectivity index (χ1) is 23.2. The Balaban J connectivity index is 1.47. The summed E-state index contributed by atoms with van der Waals surface area (Å²) < 4.78 is 22.3. The highest BCUT2D eigenvalue weighted by Crippen LogP contribution is 2.52. The molecule has 2 saturated heterocycles. The number of aryl methyl sites for hydroxylation is 1. The zero-order valence-electron chi connectivity index (χ0n) is 25.8. The quantitative estimate of drug-likeness (QED) is 0.0807. The second-order valence-electron chi connectivity index (χ2n) is 13.1. The number of phenolic OH excluding ortho intramolecular Hbond substituents is 4. The van der Waals surface area contributed by atoms with E-state index in [0.717, 1.165) is 0 Å². The summed E-state index contributed by atoms with van der Waals surface area (Å²) in [4.78, 5) is 80.7. The van der Waals surface area contributed by atoms with Gasteiger partial charge >= 0.3 is 11.9 Å². The molecule has 6 atom stereocenters. The van der Waals surface area contributed by atoms with Crippen molar-refractivity contribution >= 4 is 55.0 Å². The number of hydrogen-bond donors (Lipinski definition) is 4. The molecule has 0 radical (unpaired) electrons. The van der Waals surface area contributed by atoms with Gasteiger partial charge in [-0.15, -0.1) is 0 Å². The number of ether oxygens (including phenoxy) is 4. The Hall–Kier alpha value is -5.60. The first-order valence-electron chi connectivity index (χ1n) is 15.5. The third-order valence-corrected chi connectivity index (χ3v) is 10.5. The van der Waals surface area contributed by atoms with Gasteiger partial charge in [-0.05, 0) is 32.4 Å². The van der Waals surface area contributed by atoms with E-state index in [-0.39, 0.29) is 56.8 Å². The van der Waals surface area contributed by atoms with Crippen LogP contribution in [0.25, 0.3) is 43.1 Å². The van der Waals surface area contributed by atoms with Gasteiger partial charge in [0.25, 0.3) is 0 Å². The normalized spacial score (nSPS) is 25.8. The van der Waals surface area contributed by atoms with Crippen LogP contribution in [0.3, 0.4) is 0 Å². The molecule has 4 aliphatic heterocycles. The zero-order chi connectivity index (χ0) is 34.7. The molecule has 0 aliphatic carbocycles. The SMILES string of the molecule is Cc1cc2c(O)c3c(=O)c4c(c(=O)c3c(O)c2c2c(O)c3c(=O)c5c(c(=O)c3c(O)c12)C1OC(=O)CC1OC5C)C1OC(=O)CC1OC4C. The van der Waals surface area contributed by atoms with Crippen molar-refractivity contribution in [2.75, 3.05) is 0 Å². The summed E-state index contributed by atoms with van der Waals surface area (Å²) in [5.41, 5.74) is -4.09. The van der Waals surface area contributed by atoms with Gasteiger partial charge in [-0.1, -0.05) is 0 Å². The predicted octanol–water partition coefficient (Wildman–Crippen LogP) is 2.64. The predicted molar refractivity (Wildman–Crippen MR) is 169 cm³/mol. The summed E-state index contributed by atoms with van der Waals surface area (Å²) in [5, 5.41) is 43.6. The van der Waals surface area contributed by atoms with Crippen LogP contribution >= 0.6 is 0 Å². The molecular formula is C35H24O14. The molecule has 0 bridgehead atoms. The average molecular weight is 669 g/mol. The smallest absolute Gasteiger partial charge is 0.309 e. The maximum Gasteiger partial charge on any atom is 0.309 e. The lowest BCUT2D eigenvalue weighted by Crippen LogP contribution is -2.36. The summed E-state index contributed by atoms with van der Waals surface area (Å²) in [7, 11) is 0. The Labute approximate surface area is 271 Å². The second-order valence-corrected chi connectivity index (χ2v) is 13.1. The van der Waals surface area contributed by atoms with Crippen LogP contribution in [0.5, 0.6) is 23.0 Å². The first kappa shape index (κ1) is 29.5. The van der Waals surface area contributed by atoms with E-state index in [1.165, 1.54) is 26.8 Å². The average Bonchev–Trinajstić information content (AvgIpc) is 3.60. The lowest BCUT2D eigenvalue weighted by atomic mass is 9.84. The molecule has 0 amide bonds. The molecule has 2 fully saturated rings. The van der Waals surface area contributed by atoms with Crippen molar-refractivity contribution in [2.45, 2.75) is 70.2 Å². The molecule has 5 aromatic carbocycles. The van der Waals surface area contributed by atoms with E-state index in [2.05, 4.69) is 0 Å². The van der Waals surface area contributed by atoms with E-state index in [9.17, 15) is 49.2 Å². The summed E-state index contributed by atoms with van der Waals surface area (Å²) in [5.74, 6) is -4.49. The molecule has 0 saturated carbocycles. The molecule has 14 nitrogen and oxygen atoms in total.